The number of nitrogens with one attached hydrogen (secondary N) is 1. The van der Waals surface area contributed by atoms with Gasteiger partial charge in [0, 0.05) is 6.42 Å². The van der Waals surface area contributed by atoms with Crippen LogP contribution < -0.4 is 11.1 Å². The van der Waals surface area contributed by atoms with E-state index < -0.39 is 17.4 Å². The number of allylic oxidation sites excluding steroid dienone is 1. The van der Waals surface area contributed by atoms with Crippen LogP contribution in [0, 0.1) is 0 Å². The second kappa shape index (κ2) is 10.4. The van der Waals surface area contributed by atoms with Crippen LogP contribution >= 0.6 is 0 Å². The summed E-state index contributed by atoms with van der Waals surface area (Å²) in [6.07, 6.45) is 2.88. The normalized spacial score (nSPS) is 12.0. The van der Waals surface area contributed by atoms with E-state index in [1.807, 2.05) is 91.0 Å². The highest BCUT2D eigenvalue weighted by molar-refractivity contribution is 5.87. The molecule has 4 heteroatoms. The van der Waals surface area contributed by atoms with Crippen LogP contribution in [-0.2, 0) is 15.0 Å². The number of primary amides is 1. The minimum atomic E-state index is -0.731. The topological polar surface area (TPSA) is 72.2 Å². The number of amides is 2. The molecule has 0 radical (unpaired) electrons. The second-order valence-electron chi connectivity index (χ2n) is 7.57. The summed E-state index contributed by atoms with van der Waals surface area (Å²) in [5.74, 6) is -0.774. The van der Waals surface area contributed by atoms with Gasteiger partial charge in [-0.3, -0.25) is 9.59 Å². The van der Waals surface area contributed by atoms with Crippen LogP contribution in [0.4, 0.5) is 0 Å². The highest BCUT2D eigenvalue weighted by Crippen LogP contribution is 2.42. The van der Waals surface area contributed by atoms with Gasteiger partial charge in [-0.15, -0.1) is 6.58 Å². The van der Waals surface area contributed by atoms with E-state index in [1.54, 1.807) is 6.08 Å². The van der Waals surface area contributed by atoms with Gasteiger partial charge in [-0.2, -0.15) is 0 Å². The summed E-state index contributed by atoms with van der Waals surface area (Å²) in [6, 6.07) is 29.2. The Bertz CT molecular complexity index is 905. The van der Waals surface area contributed by atoms with Crippen molar-refractivity contribution in [3.05, 3.63) is 120 Å². The zero-order valence-corrected chi connectivity index (χ0v) is 17.5. The number of carbonyl (C=O) groups is 2. The molecule has 0 fully saturated rings. The monoisotopic (exact) mass is 412 g/mol. The molecule has 3 N–H and O–H groups in total. The van der Waals surface area contributed by atoms with E-state index in [4.69, 9.17) is 5.73 Å². The molecule has 2 amide bonds. The Balaban J connectivity index is 2.09. The standard InChI is InChI=1S/C27H28N2O2/c1-2-3-19-24(26(28)31)29-25(30)20-27(21-13-7-4-8-14-21,22-15-9-5-10-16-22)23-17-11-6-12-18-23/h2,4-18,24H,1,3,19-20H2,(H2,28,31)(H,29,30)/t24-/m1/s1. The van der Waals surface area contributed by atoms with Gasteiger partial charge in [0.2, 0.25) is 11.8 Å². The smallest absolute Gasteiger partial charge is 0.240 e. The lowest BCUT2D eigenvalue weighted by Gasteiger charge is -2.36. The summed E-state index contributed by atoms with van der Waals surface area (Å²) in [7, 11) is 0. The summed E-state index contributed by atoms with van der Waals surface area (Å²) < 4.78 is 0. The molecule has 0 spiro atoms. The zero-order valence-electron chi connectivity index (χ0n) is 17.5. The molecule has 0 aromatic heterocycles. The Morgan fingerprint density at radius 3 is 1.61 bits per heavy atom. The van der Waals surface area contributed by atoms with E-state index >= 15 is 0 Å². The first-order chi connectivity index (χ1) is 15.1. The SMILES string of the molecule is C=CCC[C@@H](NC(=O)CC(c1ccccc1)(c1ccccc1)c1ccccc1)C(N)=O. The van der Waals surface area contributed by atoms with E-state index in [1.165, 1.54) is 0 Å². The maximum atomic E-state index is 13.3. The molecular formula is C27H28N2O2. The van der Waals surface area contributed by atoms with Crippen LogP contribution in [0.25, 0.3) is 0 Å². The number of rotatable bonds is 10. The van der Waals surface area contributed by atoms with Gasteiger partial charge in [-0.05, 0) is 29.5 Å². The molecule has 0 heterocycles. The minimum absolute atomic E-state index is 0.142. The predicted octanol–water partition coefficient (Wildman–Crippen LogP) is 4.35. The molecule has 0 aliphatic carbocycles. The van der Waals surface area contributed by atoms with Gasteiger partial charge < -0.3 is 11.1 Å². The molecule has 0 saturated carbocycles. The fourth-order valence-corrected chi connectivity index (χ4v) is 4.03. The van der Waals surface area contributed by atoms with E-state index in [9.17, 15) is 9.59 Å². The average Bonchev–Trinajstić information content (AvgIpc) is 2.81. The number of hydrogen-bond acceptors (Lipinski definition) is 2. The van der Waals surface area contributed by atoms with E-state index in [-0.39, 0.29) is 12.3 Å². The summed E-state index contributed by atoms with van der Waals surface area (Å²) in [5, 5.41) is 2.85. The molecule has 3 aromatic carbocycles. The van der Waals surface area contributed by atoms with Crippen LogP contribution in [0.3, 0.4) is 0 Å². The second-order valence-corrected chi connectivity index (χ2v) is 7.57. The molecule has 0 aliphatic heterocycles. The van der Waals surface area contributed by atoms with E-state index in [2.05, 4.69) is 11.9 Å². The molecule has 0 unspecified atom stereocenters. The van der Waals surface area contributed by atoms with Gasteiger partial charge >= 0.3 is 0 Å². The molecule has 0 saturated heterocycles. The third-order valence-corrected chi connectivity index (χ3v) is 5.56. The maximum Gasteiger partial charge on any atom is 0.240 e. The molecule has 1 atom stereocenters. The Hall–Kier alpha value is -3.66. The van der Waals surface area contributed by atoms with Crippen molar-refractivity contribution in [3.63, 3.8) is 0 Å². The van der Waals surface area contributed by atoms with Crippen molar-refractivity contribution in [2.45, 2.75) is 30.7 Å². The lowest BCUT2D eigenvalue weighted by Crippen LogP contribution is -2.46. The largest absolute Gasteiger partial charge is 0.368 e. The van der Waals surface area contributed by atoms with Crippen LogP contribution in [-0.4, -0.2) is 17.9 Å². The molecule has 3 aromatic rings. The molecule has 3 rings (SSSR count). The van der Waals surface area contributed by atoms with Gasteiger partial charge in [-0.25, -0.2) is 0 Å². The molecule has 158 valence electrons. The van der Waals surface area contributed by atoms with Gasteiger partial charge in [0.25, 0.3) is 0 Å². The Kier molecular flexibility index (Phi) is 7.39. The minimum Gasteiger partial charge on any atom is -0.368 e. The molecule has 0 bridgehead atoms. The summed E-state index contributed by atoms with van der Waals surface area (Å²) in [4.78, 5) is 25.2. The number of carbonyl (C=O) groups excluding carboxylic acids is 2. The summed E-state index contributed by atoms with van der Waals surface area (Å²) in [6.45, 7) is 3.68. The van der Waals surface area contributed by atoms with Crippen LogP contribution in [0.1, 0.15) is 36.0 Å². The van der Waals surface area contributed by atoms with E-state index in [0.29, 0.717) is 12.8 Å². The van der Waals surface area contributed by atoms with Crippen molar-refractivity contribution in [1.29, 1.82) is 0 Å². The maximum absolute atomic E-state index is 13.3. The molecule has 31 heavy (non-hydrogen) atoms. The fraction of sp³-hybridized carbons (Fsp3) is 0.185. The lowest BCUT2D eigenvalue weighted by molar-refractivity contribution is -0.127. The Morgan fingerprint density at radius 2 is 1.26 bits per heavy atom. The fourth-order valence-electron chi connectivity index (χ4n) is 4.03. The first-order valence-electron chi connectivity index (χ1n) is 10.4. The number of benzene rings is 3. The van der Waals surface area contributed by atoms with Crippen molar-refractivity contribution >= 4 is 11.8 Å². The van der Waals surface area contributed by atoms with Crippen molar-refractivity contribution < 1.29 is 9.59 Å². The molecule has 0 aliphatic rings. The molecular weight excluding hydrogens is 384 g/mol. The number of hydrogen-bond donors (Lipinski definition) is 2. The summed E-state index contributed by atoms with van der Waals surface area (Å²) >= 11 is 0. The van der Waals surface area contributed by atoms with Crippen molar-refractivity contribution in [1.82, 2.24) is 5.32 Å². The third kappa shape index (κ3) is 5.10. The van der Waals surface area contributed by atoms with Crippen LogP contribution in [0.2, 0.25) is 0 Å². The average molecular weight is 413 g/mol. The van der Waals surface area contributed by atoms with Gasteiger partial charge in [0.15, 0.2) is 0 Å². The summed E-state index contributed by atoms with van der Waals surface area (Å²) in [5.41, 5.74) is 7.83. The van der Waals surface area contributed by atoms with Crippen LogP contribution in [0.5, 0.6) is 0 Å². The highest BCUT2D eigenvalue weighted by Gasteiger charge is 2.39. The van der Waals surface area contributed by atoms with E-state index in [0.717, 1.165) is 16.7 Å². The van der Waals surface area contributed by atoms with Gasteiger partial charge in [0.05, 0.1) is 5.41 Å². The first kappa shape index (κ1) is 22.0. The molecule has 4 nitrogen and oxygen atoms in total. The quantitative estimate of drug-likeness (QED) is 0.384. The Labute approximate surface area is 183 Å². The van der Waals surface area contributed by atoms with Gasteiger partial charge in [-0.1, -0.05) is 97.1 Å². The zero-order chi connectivity index (χ0) is 22.1. The van der Waals surface area contributed by atoms with Crippen molar-refractivity contribution in [3.8, 4) is 0 Å². The highest BCUT2D eigenvalue weighted by atomic mass is 16.2. The predicted molar refractivity (Wildman–Crippen MR) is 124 cm³/mol. The lowest BCUT2D eigenvalue weighted by atomic mass is 9.67. The third-order valence-electron chi connectivity index (χ3n) is 5.56. The van der Waals surface area contributed by atoms with Gasteiger partial charge in [0.1, 0.15) is 6.04 Å². The Morgan fingerprint density at radius 1 is 0.839 bits per heavy atom. The van der Waals surface area contributed by atoms with Crippen molar-refractivity contribution in [2.24, 2.45) is 5.73 Å². The van der Waals surface area contributed by atoms with Crippen molar-refractivity contribution in [2.75, 3.05) is 0 Å². The first-order valence-corrected chi connectivity index (χ1v) is 10.4. The number of nitrogens with two attached hydrogens (primary N) is 1. The van der Waals surface area contributed by atoms with Crippen LogP contribution in [0.15, 0.2) is 104 Å².